The van der Waals surface area contributed by atoms with Crippen LogP contribution in [0.4, 0.5) is 0 Å². The summed E-state index contributed by atoms with van der Waals surface area (Å²) in [5.41, 5.74) is 0. The predicted octanol–water partition coefficient (Wildman–Crippen LogP) is -0.494. The lowest BCUT2D eigenvalue weighted by Gasteiger charge is -2.36. The van der Waals surface area contributed by atoms with Crippen LogP contribution in [0.15, 0.2) is 0 Å². The first-order valence-electron chi connectivity index (χ1n) is 8.57. The van der Waals surface area contributed by atoms with Crippen LogP contribution in [-0.2, 0) is 9.59 Å². The number of nitrogens with zero attached hydrogens (tertiary/aromatic N) is 2. The molecule has 0 radical (unpaired) electrons. The molecule has 0 spiro atoms. The SMILES string of the molecule is C[C@@H]1CN(CC(=O)O)[C@H](C)CN[C@H](C)CN(CC(=O)O)[C@H](C)CN1. The van der Waals surface area contributed by atoms with E-state index < -0.39 is 11.9 Å². The molecule has 0 amide bonds. The number of rotatable bonds is 4. The monoisotopic (exact) mass is 344 g/mol. The zero-order chi connectivity index (χ0) is 18.3. The van der Waals surface area contributed by atoms with Gasteiger partial charge in [0.25, 0.3) is 0 Å². The molecule has 8 heteroatoms. The fourth-order valence-electron chi connectivity index (χ4n) is 2.98. The van der Waals surface area contributed by atoms with Gasteiger partial charge in [0.2, 0.25) is 0 Å². The van der Waals surface area contributed by atoms with E-state index in [1.54, 1.807) is 0 Å². The zero-order valence-corrected chi connectivity index (χ0v) is 15.2. The predicted molar refractivity (Wildman–Crippen MR) is 92.3 cm³/mol. The van der Waals surface area contributed by atoms with Crippen molar-refractivity contribution >= 4 is 11.9 Å². The van der Waals surface area contributed by atoms with E-state index in [4.69, 9.17) is 10.2 Å². The van der Waals surface area contributed by atoms with Crippen molar-refractivity contribution in [3.8, 4) is 0 Å². The van der Waals surface area contributed by atoms with E-state index in [1.807, 2.05) is 37.5 Å². The van der Waals surface area contributed by atoms with Gasteiger partial charge in [-0.25, -0.2) is 0 Å². The summed E-state index contributed by atoms with van der Waals surface area (Å²) in [6.07, 6.45) is 0. The van der Waals surface area contributed by atoms with Crippen LogP contribution >= 0.6 is 0 Å². The number of carboxylic acids is 2. The lowest BCUT2D eigenvalue weighted by Crippen LogP contribution is -2.55. The van der Waals surface area contributed by atoms with E-state index in [2.05, 4.69) is 10.6 Å². The first-order chi connectivity index (χ1) is 11.2. The highest BCUT2D eigenvalue weighted by molar-refractivity contribution is 5.69. The largest absolute Gasteiger partial charge is 0.480 e. The molecule has 0 aromatic rings. The van der Waals surface area contributed by atoms with E-state index >= 15 is 0 Å². The Labute approximate surface area is 144 Å². The zero-order valence-electron chi connectivity index (χ0n) is 15.2. The molecule has 4 atom stereocenters. The molecule has 0 saturated carbocycles. The van der Waals surface area contributed by atoms with Gasteiger partial charge in [0.05, 0.1) is 13.1 Å². The van der Waals surface area contributed by atoms with Crippen LogP contribution in [0.1, 0.15) is 27.7 Å². The van der Waals surface area contributed by atoms with E-state index in [0.29, 0.717) is 26.2 Å². The summed E-state index contributed by atoms with van der Waals surface area (Å²) in [6.45, 7) is 10.7. The van der Waals surface area contributed by atoms with Gasteiger partial charge in [-0.1, -0.05) is 0 Å². The second-order valence-corrected chi connectivity index (χ2v) is 6.96. The average molecular weight is 344 g/mol. The van der Waals surface area contributed by atoms with Crippen LogP contribution < -0.4 is 10.6 Å². The quantitative estimate of drug-likeness (QED) is 0.541. The fraction of sp³-hybridized carbons (Fsp3) is 0.875. The van der Waals surface area contributed by atoms with Gasteiger partial charge in [0, 0.05) is 50.3 Å². The van der Waals surface area contributed by atoms with Gasteiger partial charge in [-0.3, -0.25) is 19.4 Å². The fourth-order valence-corrected chi connectivity index (χ4v) is 2.98. The van der Waals surface area contributed by atoms with Crippen molar-refractivity contribution in [2.24, 2.45) is 0 Å². The van der Waals surface area contributed by atoms with Crippen molar-refractivity contribution in [3.05, 3.63) is 0 Å². The van der Waals surface area contributed by atoms with Gasteiger partial charge in [0.15, 0.2) is 0 Å². The summed E-state index contributed by atoms with van der Waals surface area (Å²) in [5, 5.41) is 25.1. The molecule has 24 heavy (non-hydrogen) atoms. The number of aliphatic carboxylic acids is 2. The summed E-state index contributed by atoms with van der Waals surface area (Å²) in [6, 6.07) is 0.408. The Balaban J connectivity index is 2.81. The Kier molecular flexibility index (Phi) is 8.61. The van der Waals surface area contributed by atoms with Crippen LogP contribution in [0.25, 0.3) is 0 Å². The van der Waals surface area contributed by atoms with Gasteiger partial charge >= 0.3 is 11.9 Å². The molecule has 0 aliphatic carbocycles. The number of hydrogen-bond donors (Lipinski definition) is 4. The number of hydrogen-bond acceptors (Lipinski definition) is 6. The first kappa shape index (κ1) is 20.8. The van der Waals surface area contributed by atoms with Crippen LogP contribution in [0.5, 0.6) is 0 Å². The van der Waals surface area contributed by atoms with Crippen molar-refractivity contribution in [3.63, 3.8) is 0 Å². The molecule has 140 valence electrons. The topological polar surface area (TPSA) is 105 Å². The maximum atomic E-state index is 11.1. The van der Waals surface area contributed by atoms with Crippen LogP contribution in [-0.4, -0.2) is 95.4 Å². The van der Waals surface area contributed by atoms with Gasteiger partial charge in [-0.15, -0.1) is 0 Å². The molecule has 4 N–H and O–H groups in total. The second kappa shape index (κ2) is 9.93. The van der Waals surface area contributed by atoms with Crippen LogP contribution in [0.3, 0.4) is 0 Å². The van der Waals surface area contributed by atoms with E-state index in [-0.39, 0.29) is 37.3 Å². The summed E-state index contributed by atoms with van der Waals surface area (Å²) in [4.78, 5) is 26.1. The third-order valence-electron chi connectivity index (χ3n) is 4.46. The third-order valence-corrected chi connectivity index (χ3v) is 4.46. The van der Waals surface area contributed by atoms with Gasteiger partial charge in [-0.05, 0) is 27.7 Å². The highest BCUT2D eigenvalue weighted by Crippen LogP contribution is 2.06. The maximum absolute atomic E-state index is 11.1. The Morgan fingerprint density at radius 3 is 1.46 bits per heavy atom. The molecule has 1 heterocycles. The van der Waals surface area contributed by atoms with Crippen LogP contribution in [0, 0.1) is 0 Å². The Bertz CT molecular complexity index is 383. The molecule has 0 aromatic carbocycles. The number of nitrogens with one attached hydrogen (secondary N) is 2. The van der Waals surface area contributed by atoms with E-state index in [1.165, 1.54) is 0 Å². The summed E-state index contributed by atoms with van der Waals surface area (Å²) < 4.78 is 0. The molecule has 0 bridgehead atoms. The maximum Gasteiger partial charge on any atom is 0.317 e. The first-order valence-corrected chi connectivity index (χ1v) is 8.57. The molecule has 1 saturated heterocycles. The second-order valence-electron chi connectivity index (χ2n) is 6.96. The molecule has 1 fully saturated rings. The Morgan fingerprint density at radius 2 is 1.17 bits per heavy atom. The molecular formula is C16H32N4O4. The molecule has 1 aliphatic rings. The number of carboxylic acid groups (broad SMARTS) is 2. The van der Waals surface area contributed by atoms with Crippen LogP contribution in [0.2, 0.25) is 0 Å². The summed E-state index contributed by atoms with van der Waals surface area (Å²) in [5.74, 6) is -1.65. The average Bonchev–Trinajstić information content (AvgIpc) is 2.47. The minimum atomic E-state index is -0.824. The van der Waals surface area contributed by atoms with Crippen molar-refractivity contribution < 1.29 is 19.8 Å². The lowest BCUT2D eigenvalue weighted by molar-refractivity contribution is -0.139. The van der Waals surface area contributed by atoms with E-state index in [0.717, 1.165) is 0 Å². The molecule has 8 nitrogen and oxygen atoms in total. The third kappa shape index (κ3) is 7.57. The lowest BCUT2D eigenvalue weighted by atomic mass is 10.1. The highest BCUT2D eigenvalue weighted by Gasteiger charge is 2.24. The van der Waals surface area contributed by atoms with Gasteiger partial charge in [-0.2, -0.15) is 0 Å². The molecule has 1 aliphatic heterocycles. The van der Waals surface area contributed by atoms with Gasteiger partial charge in [0.1, 0.15) is 0 Å². The smallest absolute Gasteiger partial charge is 0.317 e. The molecule has 0 aromatic heterocycles. The minimum Gasteiger partial charge on any atom is -0.480 e. The normalized spacial score (nSPS) is 31.8. The Hall–Kier alpha value is -1.22. The molecular weight excluding hydrogens is 312 g/mol. The Morgan fingerprint density at radius 1 is 0.833 bits per heavy atom. The van der Waals surface area contributed by atoms with Crippen molar-refractivity contribution in [1.82, 2.24) is 20.4 Å². The summed E-state index contributed by atoms with van der Waals surface area (Å²) in [7, 11) is 0. The van der Waals surface area contributed by atoms with Gasteiger partial charge < -0.3 is 20.8 Å². The minimum absolute atomic E-state index is 0.0178. The van der Waals surface area contributed by atoms with Crippen molar-refractivity contribution in [2.75, 3.05) is 39.3 Å². The highest BCUT2D eigenvalue weighted by atomic mass is 16.4. The summed E-state index contributed by atoms with van der Waals surface area (Å²) >= 11 is 0. The van der Waals surface area contributed by atoms with Crippen molar-refractivity contribution in [2.45, 2.75) is 51.9 Å². The molecule has 0 unspecified atom stereocenters. The number of carbonyl (C=O) groups is 2. The molecule has 1 rings (SSSR count). The van der Waals surface area contributed by atoms with Crippen molar-refractivity contribution in [1.29, 1.82) is 0 Å². The standard InChI is InChI=1S/C16H32N4O4/c1-11-7-19(9-15(21)22)14(4)6-18-12(2)8-20(10-16(23)24)13(3)5-17-11/h11-14,17-18H,5-10H2,1-4H3,(H,21,22)(H,23,24)/t11-,12-,13-,14-/m1/s1. The van der Waals surface area contributed by atoms with E-state index in [9.17, 15) is 9.59 Å².